The van der Waals surface area contributed by atoms with Gasteiger partial charge in [-0.15, -0.1) is 0 Å². The molecule has 1 amide bonds. The van der Waals surface area contributed by atoms with Crippen LogP contribution >= 0.6 is 0 Å². The summed E-state index contributed by atoms with van der Waals surface area (Å²) in [6, 6.07) is 9.54. The van der Waals surface area contributed by atoms with E-state index in [1.165, 1.54) is 0 Å². The molecule has 0 heterocycles. The number of carbonyl (C=O) groups excluding carboxylic acids is 2. The Kier molecular flexibility index (Phi) is 6.21. The number of alkyl carbamates (subject to hydrolysis) is 1. The van der Waals surface area contributed by atoms with Gasteiger partial charge in [-0.05, 0) is 31.2 Å². The van der Waals surface area contributed by atoms with E-state index in [0.717, 1.165) is 31.2 Å². The molecular formula is C16H22N2O4. The Morgan fingerprint density at radius 1 is 1.14 bits per heavy atom. The molecule has 1 saturated carbocycles. The number of carbonyl (C=O) groups is 2. The summed E-state index contributed by atoms with van der Waals surface area (Å²) in [5, 5.41) is 2.39. The number of nitrogens with two attached hydrogens (primary N) is 1. The Morgan fingerprint density at radius 3 is 2.50 bits per heavy atom. The van der Waals surface area contributed by atoms with Gasteiger partial charge in [0, 0.05) is 6.04 Å². The van der Waals surface area contributed by atoms with Gasteiger partial charge in [-0.2, -0.15) is 0 Å². The highest BCUT2D eigenvalue weighted by Crippen LogP contribution is 2.19. The lowest BCUT2D eigenvalue weighted by atomic mass is 9.94. The molecule has 120 valence electrons. The van der Waals surface area contributed by atoms with Gasteiger partial charge in [-0.1, -0.05) is 30.3 Å². The maximum absolute atomic E-state index is 11.6. The molecule has 6 nitrogen and oxygen atoms in total. The zero-order valence-corrected chi connectivity index (χ0v) is 12.5. The SMILES string of the molecule is NC1CCC(OC(=O)CNC(=O)OCc2ccccc2)CC1. The Bertz CT molecular complexity index is 484. The summed E-state index contributed by atoms with van der Waals surface area (Å²) < 4.78 is 10.3. The van der Waals surface area contributed by atoms with Gasteiger partial charge in [-0.25, -0.2) is 4.79 Å². The zero-order valence-electron chi connectivity index (χ0n) is 12.5. The maximum Gasteiger partial charge on any atom is 0.407 e. The van der Waals surface area contributed by atoms with Crippen LogP contribution in [0.25, 0.3) is 0 Å². The van der Waals surface area contributed by atoms with Crippen molar-refractivity contribution in [3.8, 4) is 0 Å². The molecule has 0 spiro atoms. The minimum absolute atomic E-state index is 0.0885. The standard InChI is InChI=1S/C16H22N2O4/c17-13-6-8-14(9-7-13)22-15(19)10-18-16(20)21-11-12-4-2-1-3-5-12/h1-5,13-14H,6-11,17H2,(H,18,20). The molecular weight excluding hydrogens is 284 g/mol. The molecule has 2 rings (SSSR count). The van der Waals surface area contributed by atoms with E-state index in [-0.39, 0.29) is 25.3 Å². The van der Waals surface area contributed by atoms with Crippen molar-refractivity contribution in [1.29, 1.82) is 0 Å². The third kappa shape index (κ3) is 5.73. The summed E-state index contributed by atoms with van der Waals surface area (Å²) in [5.74, 6) is -0.447. The normalized spacial score (nSPS) is 21.0. The molecule has 3 N–H and O–H groups in total. The lowest BCUT2D eigenvalue weighted by molar-refractivity contribution is -0.149. The van der Waals surface area contributed by atoms with Crippen molar-refractivity contribution in [3.63, 3.8) is 0 Å². The van der Waals surface area contributed by atoms with Crippen molar-refractivity contribution < 1.29 is 19.1 Å². The molecule has 0 atom stereocenters. The Balaban J connectivity index is 1.60. The van der Waals surface area contributed by atoms with Crippen molar-refractivity contribution in [2.45, 2.75) is 44.4 Å². The first kappa shape index (κ1) is 16.3. The molecule has 0 unspecified atom stereocenters. The van der Waals surface area contributed by atoms with Gasteiger partial charge in [0.05, 0.1) is 0 Å². The van der Waals surface area contributed by atoms with Gasteiger partial charge < -0.3 is 20.5 Å². The minimum Gasteiger partial charge on any atom is -0.461 e. The lowest BCUT2D eigenvalue weighted by Gasteiger charge is -2.25. The monoisotopic (exact) mass is 306 g/mol. The Labute approximate surface area is 130 Å². The molecule has 1 aromatic carbocycles. The third-order valence-electron chi connectivity index (χ3n) is 3.61. The topological polar surface area (TPSA) is 90.6 Å². The summed E-state index contributed by atoms with van der Waals surface area (Å²) >= 11 is 0. The minimum atomic E-state index is -0.633. The van der Waals surface area contributed by atoms with Crippen molar-refractivity contribution in [2.75, 3.05) is 6.54 Å². The second-order valence-corrected chi connectivity index (χ2v) is 5.44. The predicted molar refractivity (Wildman–Crippen MR) is 81.0 cm³/mol. The first-order chi connectivity index (χ1) is 10.6. The van der Waals surface area contributed by atoms with Crippen LogP contribution in [0.2, 0.25) is 0 Å². The molecule has 0 aromatic heterocycles. The highest BCUT2D eigenvalue weighted by Gasteiger charge is 2.21. The number of benzene rings is 1. The largest absolute Gasteiger partial charge is 0.461 e. The predicted octanol–water partition coefficient (Wildman–Crippen LogP) is 1.73. The van der Waals surface area contributed by atoms with Crippen LogP contribution in [-0.2, 0) is 20.9 Å². The van der Waals surface area contributed by atoms with E-state index in [0.29, 0.717) is 0 Å². The summed E-state index contributed by atoms with van der Waals surface area (Å²) in [6.07, 6.45) is 2.58. The molecule has 1 aliphatic carbocycles. The first-order valence-corrected chi connectivity index (χ1v) is 7.53. The molecule has 22 heavy (non-hydrogen) atoms. The number of amides is 1. The van der Waals surface area contributed by atoms with Crippen molar-refractivity contribution in [3.05, 3.63) is 35.9 Å². The first-order valence-electron chi connectivity index (χ1n) is 7.53. The lowest BCUT2D eigenvalue weighted by Crippen LogP contribution is -2.35. The van der Waals surface area contributed by atoms with Gasteiger partial charge in [-0.3, -0.25) is 4.79 Å². The number of hydrogen-bond donors (Lipinski definition) is 2. The fraction of sp³-hybridized carbons (Fsp3) is 0.500. The average Bonchev–Trinajstić information content (AvgIpc) is 2.54. The smallest absolute Gasteiger partial charge is 0.407 e. The van der Waals surface area contributed by atoms with Gasteiger partial charge in [0.2, 0.25) is 0 Å². The molecule has 0 bridgehead atoms. The summed E-state index contributed by atoms with van der Waals surface area (Å²) in [5.41, 5.74) is 6.68. The highest BCUT2D eigenvalue weighted by molar-refractivity contribution is 5.77. The zero-order chi connectivity index (χ0) is 15.8. The quantitative estimate of drug-likeness (QED) is 0.808. The van der Waals surface area contributed by atoms with Gasteiger partial charge in [0.1, 0.15) is 19.3 Å². The second-order valence-electron chi connectivity index (χ2n) is 5.44. The van der Waals surface area contributed by atoms with Crippen LogP contribution in [0.1, 0.15) is 31.2 Å². The number of rotatable bonds is 5. The number of hydrogen-bond acceptors (Lipinski definition) is 5. The van der Waals surface area contributed by atoms with Crippen LogP contribution in [0.5, 0.6) is 0 Å². The van der Waals surface area contributed by atoms with Crippen LogP contribution in [0.15, 0.2) is 30.3 Å². The van der Waals surface area contributed by atoms with Crippen molar-refractivity contribution in [1.82, 2.24) is 5.32 Å². The Morgan fingerprint density at radius 2 is 1.82 bits per heavy atom. The van der Waals surface area contributed by atoms with Crippen LogP contribution < -0.4 is 11.1 Å². The van der Waals surface area contributed by atoms with E-state index >= 15 is 0 Å². The van der Waals surface area contributed by atoms with Crippen molar-refractivity contribution >= 4 is 12.1 Å². The van der Waals surface area contributed by atoms with Crippen LogP contribution in [0, 0.1) is 0 Å². The van der Waals surface area contributed by atoms with Gasteiger partial charge >= 0.3 is 12.1 Å². The number of esters is 1. The fourth-order valence-corrected chi connectivity index (χ4v) is 2.35. The maximum atomic E-state index is 11.6. The molecule has 0 saturated heterocycles. The Hall–Kier alpha value is -2.08. The summed E-state index contributed by atoms with van der Waals surface area (Å²) in [7, 11) is 0. The molecule has 0 radical (unpaired) electrons. The molecule has 1 aromatic rings. The summed E-state index contributed by atoms with van der Waals surface area (Å²) in [6.45, 7) is -0.0155. The molecule has 6 heteroatoms. The van der Waals surface area contributed by atoms with E-state index < -0.39 is 12.1 Å². The van der Waals surface area contributed by atoms with E-state index in [9.17, 15) is 9.59 Å². The number of ether oxygens (including phenoxy) is 2. The van der Waals surface area contributed by atoms with Crippen molar-refractivity contribution in [2.24, 2.45) is 5.73 Å². The average molecular weight is 306 g/mol. The highest BCUT2D eigenvalue weighted by atomic mass is 16.6. The van der Waals surface area contributed by atoms with E-state index in [1.807, 2.05) is 30.3 Å². The number of nitrogens with one attached hydrogen (secondary N) is 1. The molecule has 1 aliphatic rings. The fourth-order valence-electron chi connectivity index (χ4n) is 2.35. The second kappa shape index (κ2) is 8.38. The van der Waals surface area contributed by atoms with E-state index in [4.69, 9.17) is 15.2 Å². The van der Waals surface area contributed by atoms with Crippen LogP contribution in [-0.4, -0.2) is 30.8 Å². The van der Waals surface area contributed by atoms with E-state index in [1.54, 1.807) is 0 Å². The summed E-state index contributed by atoms with van der Waals surface area (Å²) in [4.78, 5) is 23.1. The van der Waals surface area contributed by atoms with E-state index in [2.05, 4.69) is 5.32 Å². The van der Waals surface area contributed by atoms with Gasteiger partial charge in [0.25, 0.3) is 0 Å². The third-order valence-corrected chi connectivity index (χ3v) is 3.61. The molecule has 1 fully saturated rings. The van der Waals surface area contributed by atoms with Crippen LogP contribution in [0.3, 0.4) is 0 Å². The molecule has 0 aliphatic heterocycles. The van der Waals surface area contributed by atoms with Crippen LogP contribution in [0.4, 0.5) is 4.79 Å². The van der Waals surface area contributed by atoms with Gasteiger partial charge in [0.15, 0.2) is 0 Å².